The van der Waals surface area contributed by atoms with Crippen molar-refractivity contribution < 1.29 is 29.6 Å². The summed E-state index contributed by atoms with van der Waals surface area (Å²) in [5, 5.41) is 39.8. The molecular weight excluding hydrogens is 532 g/mol. The van der Waals surface area contributed by atoms with Crippen LogP contribution >= 0.6 is 0 Å². The van der Waals surface area contributed by atoms with Crippen LogP contribution in [0.15, 0.2) is 41.0 Å². The van der Waals surface area contributed by atoms with Crippen molar-refractivity contribution in [1.29, 1.82) is 0 Å². The van der Waals surface area contributed by atoms with Gasteiger partial charge in [0.15, 0.2) is 0 Å². The van der Waals surface area contributed by atoms with Gasteiger partial charge in [-0.05, 0) is 97.8 Å². The first-order chi connectivity index (χ1) is 19.7. The van der Waals surface area contributed by atoms with Crippen LogP contribution in [-0.2, 0) is 14.9 Å². The first-order valence-corrected chi connectivity index (χ1v) is 15.7. The zero-order chi connectivity index (χ0) is 30.1. The summed E-state index contributed by atoms with van der Waals surface area (Å²) in [6.07, 6.45) is 8.18. The summed E-state index contributed by atoms with van der Waals surface area (Å²) < 4.78 is 5.25. The number of rotatable bonds is 4. The maximum atomic E-state index is 13.0. The van der Waals surface area contributed by atoms with Crippen molar-refractivity contribution in [2.24, 2.45) is 33.7 Å². The second-order valence-electron chi connectivity index (χ2n) is 15.0. The zero-order valence-electron chi connectivity index (χ0n) is 25.4. The van der Waals surface area contributed by atoms with Gasteiger partial charge in [0.1, 0.15) is 6.61 Å². The number of hydrogen-bond acceptors (Lipinski definition) is 7. The minimum Gasteiger partial charge on any atom is -0.458 e. The number of nitrogens with one attached hydrogen (secondary N) is 1. The highest BCUT2D eigenvalue weighted by atomic mass is 16.5. The molecule has 1 aliphatic heterocycles. The Balaban J connectivity index is 1.28. The van der Waals surface area contributed by atoms with E-state index in [9.17, 15) is 24.9 Å². The van der Waals surface area contributed by atoms with Gasteiger partial charge in [0.2, 0.25) is 0 Å². The molecule has 1 heterocycles. The van der Waals surface area contributed by atoms with Crippen molar-refractivity contribution in [3.63, 3.8) is 0 Å². The van der Waals surface area contributed by atoms with Gasteiger partial charge in [-0.25, -0.2) is 10.2 Å². The highest BCUT2D eigenvalue weighted by Gasteiger charge is 2.71. The molecule has 1 amide bonds. The topological polar surface area (TPSA) is 128 Å². The van der Waals surface area contributed by atoms with Crippen molar-refractivity contribution in [1.82, 2.24) is 5.43 Å². The Labute approximate surface area is 248 Å². The number of benzene rings is 1. The Morgan fingerprint density at radius 2 is 1.74 bits per heavy atom. The lowest BCUT2D eigenvalue weighted by Crippen LogP contribution is -2.68. The number of carbonyl (C=O) groups excluding carboxylic acids is 2. The van der Waals surface area contributed by atoms with Crippen LogP contribution < -0.4 is 5.43 Å². The van der Waals surface area contributed by atoms with Gasteiger partial charge >= 0.3 is 5.97 Å². The Morgan fingerprint density at radius 1 is 1.02 bits per heavy atom. The quantitative estimate of drug-likeness (QED) is 0.238. The number of amides is 1. The molecule has 42 heavy (non-hydrogen) atoms. The molecule has 8 atom stereocenters. The summed E-state index contributed by atoms with van der Waals surface area (Å²) >= 11 is 0. The molecule has 8 heteroatoms. The van der Waals surface area contributed by atoms with Crippen LogP contribution in [0.2, 0.25) is 0 Å². The fourth-order valence-electron chi connectivity index (χ4n) is 9.75. The molecular formula is C34H46N2O6. The third kappa shape index (κ3) is 4.39. The lowest BCUT2D eigenvalue weighted by atomic mass is 9.41. The van der Waals surface area contributed by atoms with Crippen molar-refractivity contribution >= 4 is 18.1 Å². The van der Waals surface area contributed by atoms with Crippen molar-refractivity contribution in [2.45, 2.75) is 108 Å². The molecule has 0 spiro atoms. The van der Waals surface area contributed by atoms with Crippen LogP contribution in [0, 0.1) is 28.6 Å². The van der Waals surface area contributed by atoms with E-state index < -0.39 is 28.1 Å². The Bertz CT molecular complexity index is 1320. The Kier molecular flexibility index (Phi) is 7.03. The zero-order valence-corrected chi connectivity index (χ0v) is 25.4. The van der Waals surface area contributed by atoms with Crippen molar-refractivity contribution in [2.75, 3.05) is 6.61 Å². The predicted octanol–water partition coefficient (Wildman–Crippen LogP) is 4.41. The average Bonchev–Trinajstić information content (AvgIpc) is 3.48. The molecule has 0 aromatic heterocycles. The maximum absolute atomic E-state index is 13.0. The van der Waals surface area contributed by atoms with E-state index in [0.717, 1.165) is 30.4 Å². The molecule has 0 unspecified atom stereocenters. The van der Waals surface area contributed by atoms with Gasteiger partial charge in [-0.15, -0.1) is 0 Å². The van der Waals surface area contributed by atoms with Crippen LogP contribution in [0.25, 0.3) is 0 Å². The molecule has 6 rings (SSSR count). The monoisotopic (exact) mass is 578 g/mol. The molecule has 1 aromatic rings. The van der Waals surface area contributed by atoms with E-state index in [0.29, 0.717) is 44.3 Å². The van der Waals surface area contributed by atoms with Gasteiger partial charge in [-0.1, -0.05) is 39.8 Å². The molecule has 8 nitrogen and oxygen atoms in total. The van der Waals surface area contributed by atoms with Crippen LogP contribution in [0.1, 0.15) is 101 Å². The van der Waals surface area contributed by atoms with E-state index in [1.807, 2.05) is 12.1 Å². The van der Waals surface area contributed by atoms with Gasteiger partial charge < -0.3 is 20.1 Å². The maximum Gasteiger partial charge on any atom is 0.331 e. The minimum absolute atomic E-state index is 0.0153. The van der Waals surface area contributed by atoms with Crippen LogP contribution in [0.5, 0.6) is 0 Å². The lowest BCUT2D eigenvalue weighted by Gasteiger charge is -2.65. The fraction of sp³-hybridized carbons (Fsp3) is 0.676. The number of nitrogens with zero attached hydrogens (tertiary/aromatic N) is 1. The van der Waals surface area contributed by atoms with Gasteiger partial charge in [-0.3, -0.25) is 4.79 Å². The van der Waals surface area contributed by atoms with E-state index >= 15 is 0 Å². The highest BCUT2D eigenvalue weighted by molar-refractivity contribution is 5.94. The third-order valence-corrected chi connectivity index (χ3v) is 12.1. The van der Waals surface area contributed by atoms with E-state index in [1.54, 1.807) is 24.4 Å². The first-order valence-electron chi connectivity index (χ1n) is 15.7. The largest absolute Gasteiger partial charge is 0.458 e. The van der Waals surface area contributed by atoms with Crippen molar-refractivity contribution in [3.05, 3.63) is 47.0 Å². The third-order valence-electron chi connectivity index (χ3n) is 12.1. The SMILES string of the molecule is CC(C)(C)c1ccc(C(=O)N/N=C\[C@]23CC[C@@H](O)C[C@]2(O)CC[C@@H]2[C@@H]3CC[C@]3(C)[C@@H](C4=CC(=O)OC4)CC[C@@]23O)cc1. The smallest absolute Gasteiger partial charge is 0.331 e. The summed E-state index contributed by atoms with van der Waals surface area (Å²) in [7, 11) is 0. The normalized spacial score (nSPS) is 41.5. The van der Waals surface area contributed by atoms with E-state index in [2.05, 4.69) is 38.2 Å². The van der Waals surface area contributed by atoms with Gasteiger partial charge in [0, 0.05) is 35.1 Å². The first kappa shape index (κ1) is 29.5. The number of ether oxygens (including phenoxy) is 1. The van der Waals surface area contributed by atoms with Gasteiger partial charge in [0.05, 0.1) is 17.3 Å². The number of cyclic esters (lactones) is 1. The highest BCUT2D eigenvalue weighted by Crippen LogP contribution is 2.70. The number of hydrazone groups is 1. The molecule has 0 bridgehead atoms. The number of esters is 1. The molecule has 5 aliphatic rings. The second kappa shape index (κ2) is 10.00. The number of carbonyl (C=O) groups is 2. The van der Waals surface area contributed by atoms with Crippen LogP contribution in [-0.4, -0.2) is 57.3 Å². The average molecular weight is 579 g/mol. The summed E-state index contributed by atoms with van der Waals surface area (Å²) in [6, 6.07) is 7.53. The summed E-state index contributed by atoms with van der Waals surface area (Å²) in [4.78, 5) is 24.9. The summed E-state index contributed by atoms with van der Waals surface area (Å²) in [5.41, 5.74) is 2.02. The van der Waals surface area contributed by atoms with Crippen molar-refractivity contribution in [3.8, 4) is 0 Å². The van der Waals surface area contributed by atoms with Crippen LogP contribution in [0.4, 0.5) is 0 Å². The standard InChI is InChI=1S/C34H46N2O6/c1-30(2,3)23-7-5-21(6-8-23)29(39)36-35-20-32-14-9-24(37)18-33(32,40)15-11-27-26(32)10-13-31(4)25(12-16-34(27,31)41)22-17-28(38)42-19-22/h5-8,17,20,24-27,37,40-41H,9-16,18-19H2,1-4H3,(H,36,39)/b35-20-/t24-,25-,26+,27-,31-,32+,33-,34-/m1/s1. The Hall–Kier alpha value is -2.55. The summed E-state index contributed by atoms with van der Waals surface area (Å²) in [6.45, 7) is 8.85. The van der Waals surface area contributed by atoms with Crippen LogP contribution in [0.3, 0.4) is 0 Å². The van der Waals surface area contributed by atoms with Gasteiger partial charge in [0.25, 0.3) is 5.91 Å². The minimum atomic E-state index is -1.18. The molecule has 0 radical (unpaired) electrons. The predicted molar refractivity (Wildman–Crippen MR) is 159 cm³/mol. The molecule has 4 N–H and O–H groups in total. The molecule has 228 valence electrons. The van der Waals surface area contributed by atoms with E-state index in [4.69, 9.17) is 4.74 Å². The van der Waals surface area contributed by atoms with Gasteiger partial charge in [-0.2, -0.15) is 5.10 Å². The number of aliphatic hydroxyl groups excluding tert-OH is 1. The second-order valence-corrected chi connectivity index (χ2v) is 15.0. The molecule has 0 saturated heterocycles. The Morgan fingerprint density at radius 3 is 2.40 bits per heavy atom. The number of aliphatic hydroxyl groups is 3. The fourth-order valence-corrected chi connectivity index (χ4v) is 9.75. The number of hydrogen-bond donors (Lipinski definition) is 4. The number of fused-ring (bicyclic) bond motifs is 5. The molecule has 4 aliphatic carbocycles. The van der Waals surface area contributed by atoms with E-state index in [1.165, 1.54) is 0 Å². The lowest BCUT2D eigenvalue weighted by molar-refractivity contribution is -0.237. The molecule has 1 aromatic carbocycles. The van der Waals surface area contributed by atoms with E-state index in [-0.39, 0.29) is 41.5 Å². The molecule has 4 saturated carbocycles. The summed E-state index contributed by atoms with van der Waals surface area (Å²) in [5.74, 6) is -0.656. The molecule has 4 fully saturated rings.